The highest BCUT2D eigenvalue weighted by atomic mass is 35.5. The van der Waals surface area contributed by atoms with Crippen LogP contribution in [0.25, 0.3) is 0 Å². The van der Waals surface area contributed by atoms with Crippen LogP contribution >= 0.6 is 11.6 Å². The van der Waals surface area contributed by atoms with Crippen molar-refractivity contribution in [2.45, 2.75) is 51.2 Å². The molecular weight excluding hydrogens is 427 g/mol. The summed E-state index contributed by atoms with van der Waals surface area (Å²) in [5, 5.41) is 0.631. The Morgan fingerprint density at radius 2 is 1.84 bits per heavy atom. The molecular formula is C26H28ClFN2O2. The summed E-state index contributed by atoms with van der Waals surface area (Å²) in [7, 11) is 0. The first-order valence-corrected chi connectivity index (χ1v) is 11.5. The first-order chi connectivity index (χ1) is 15.6. The lowest BCUT2D eigenvalue weighted by Crippen LogP contribution is -2.43. The fraction of sp³-hybridized carbons (Fsp3) is 0.346. The van der Waals surface area contributed by atoms with Crippen molar-refractivity contribution >= 4 is 17.5 Å². The molecule has 0 spiro atoms. The quantitative estimate of drug-likeness (QED) is 0.414. The molecule has 6 heteroatoms. The first kappa shape index (κ1) is 22.4. The molecule has 0 radical (unpaired) electrons. The second-order valence-electron chi connectivity index (χ2n) is 8.31. The predicted octanol–water partition coefficient (Wildman–Crippen LogP) is 6.07. The SMILES string of the molecule is O=C(COc1ccc(Cl)cc1)N(Cc1cccn1Cc1cccc(F)c1)C1CCCCC1. The third-order valence-electron chi connectivity index (χ3n) is 6.01. The van der Waals surface area contributed by atoms with Crippen LogP contribution in [-0.4, -0.2) is 28.0 Å². The van der Waals surface area contributed by atoms with Gasteiger partial charge in [0.2, 0.25) is 0 Å². The van der Waals surface area contributed by atoms with Crippen LogP contribution in [0.4, 0.5) is 4.39 Å². The second-order valence-corrected chi connectivity index (χ2v) is 8.75. The largest absolute Gasteiger partial charge is 0.484 e. The van der Waals surface area contributed by atoms with Crippen LogP contribution in [0.5, 0.6) is 5.75 Å². The Morgan fingerprint density at radius 3 is 2.59 bits per heavy atom. The van der Waals surface area contributed by atoms with Crippen molar-refractivity contribution in [3.8, 4) is 5.75 Å². The van der Waals surface area contributed by atoms with Gasteiger partial charge in [-0.1, -0.05) is 43.0 Å². The van der Waals surface area contributed by atoms with Gasteiger partial charge < -0.3 is 14.2 Å². The molecule has 3 aromatic rings. The summed E-state index contributed by atoms with van der Waals surface area (Å²) < 4.78 is 21.5. The molecule has 1 aromatic heterocycles. The van der Waals surface area contributed by atoms with Crippen molar-refractivity contribution in [3.05, 3.63) is 89.0 Å². The Morgan fingerprint density at radius 1 is 1.06 bits per heavy atom. The maximum absolute atomic E-state index is 13.6. The van der Waals surface area contributed by atoms with Gasteiger partial charge in [0, 0.05) is 29.5 Å². The maximum atomic E-state index is 13.6. The van der Waals surface area contributed by atoms with Crippen LogP contribution in [0.1, 0.15) is 43.4 Å². The third-order valence-corrected chi connectivity index (χ3v) is 6.26. The van der Waals surface area contributed by atoms with Crippen molar-refractivity contribution in [3.63, 3.8) is 0 Å². The monoisotopic (exact) mass is 454 g/mol. The molecule has 4 rings (SSSR count). The lowest BCUT2D eigenvalue weighted by molar-refractivity contribution is -0.137. The molecule has 1 fully saturated rings. The van der Waals surface area contributed by atoms with E-state index in [1.54, 1.807) is 36.4 Å². The first-order valence-electron chi connectivity index (χ1n) is 11.1. The molecule has 1 aliphatic rings. The molecule has 4 nitrogen and oxygen atoms in total. The molecule has 1 amide bonds. The summed E-state index contributed by atoms with van der Waals surface area (Å²) in [5.74, 6) is 0.362. The summed E-state index contributed by atoms with van der Waals surface area (Å²) in [5.41, 5.74) is 1.92. The topological polar surface area (TPSA) is 34.5 Å². The van der Waals surface area contributed by atoms with Gasteiger partial charge in [-0.3, -0.25) is 4.79 Å². The van der Waals surface area contributed by atoms with Crippen LogP contribution in [-0.2, 0) is 17.9 Å². The van der Waals surface area contributed by atoms with E-state index < -0.39 is 0 Å². The highest BCUT2D eigenvalue weighted by Gasteiger charge is 2.26. The molecule has 168 valence electrons. The Bertz CT molecular complexity index is 1030. The zero-order valence-corrected chi connectivity index (χ0v) is 18.8. The Kier molecular flexibility index (Phi) is 7.48. The molecule has 1 heterocycles. The fourth-order valence-electron chi connectivity index (χ4n) is 4.33. The second kappa shape index (κ2) is 10.7. The average Bonchev–Trinajstić information content (AvgIpc) is 3.24. The van der Waals surface area contributed by atoms with Gasteiger partial charge in [-0.2, -0.15) is 0 Å². The molecule has 0 unspecified atom stereocenters. The number of carbonyl (C=O) groups excluding carboxylic acids is 1. The minimum atomic E-state index is -0.241. The number of carbonyl (C=O) groups is 1. The summed E-state index contributed by atoms with van der Waals surface area (Å²) in [6, 6.07) is 17.9. The normalized spacial score (nSPS) is 14.3. The zero-order valence-electron chi connectivity index (χ0n) is 18.1. The smallest absolute Gasteiger partial charge is 0.261 e. The lowest BCUT2D eigenvalue weighted by atomic mass is 9.94. The van der Waals surface area contributed by atoms with Crippen molar-refractivity contribution in [1.82, 2.24) is 9.47 Å². The van der Waals surface area contributed by atoms with Gasteiger partial charge in [-0.15, -0.1) is 0 Å². The molecule has 0 atom stereocenters. The van der Waals surface area contributed by atoms with E-state index in [1.165, 1.54) is 12.5 Å². The van der Waals surface area contributed by atoms with Crippen molar-refractivity contribution in [2.24, 2.45) is 0 Å². The van der Waals surface area contributed by atoms with Gasteiger partial charge in [0.25, 0.3) is 5.91 Å². The number of aromatic nitrogens is 1. The highest BCUT2D eigenvalue weighted by Crippen LogP contribution is 2.25. The van der Waals surface area contributed by atoms with E-state index in [4.69, 9.17) is 16.3 Å². The van der Waals surface area contributed by atoms with Gasteiger partial charge in [0.05, 0.1) is 6.54 Å². The van der Waals surface area contributed by atoms with Gasteiger partial charge in [-0.05, 0) is 66.9 Å². The molecule has 1 saturated carbocycles. The van der Waals surface area contributed by atoms with Crippen molar-refractivity contribution in [2.75, 3.05) is 6.61 Å². The van der Waals surface area contributed by atoms with Crippen molar-refractivity contribution < 1.29 is 13.9 Å². The van der Waals surface area contributed by atoms with Crippen LogP contribution in [0.15, 0.2) is 66.9 Å². The third kappa shape index (κ3) is 5.92. The van der Waals surface area contributed by atoms with E-state index in [1.807, 2.05) is 29.3 Å². The van der Waals surface area contributed by atoms with Gasteiger partial charge in [0.1, 0.15) is 11.6 Å². The van der Waals surface area contributed by atoms with Crippen LogP contribution in [0, 0.1) is 5.82 Å². The molecule has 0 aliphatic heterocycles. The minimum Gasteiger partial charge on any atom is -0.484 e. The summed E-state index contributed by atoms with van der Waals surface area (Å²) in [6.45, 7) is 1.06. The molecule has 0 saturated heterocycles. The average molecular weight is 455 g/mol. The molecule has 0 bridgehead atoms. The molecule has 1 aliphatic carbocycles. The van der Waals surface area contributed by atoms with E-state index in [9.17, 15) is 9.18 Å². The highest BCUT2D eigenvalue weighted by molar-refractivity contribution is 6.30. The summed E-state index contributed by atoms with van der Waals surface area (Å²) >= 11 is 5.93. The number of hydrogen-bond acceptors (Lipinski definition) is 2. The summed E-state index contributed by atoms with van der Waals surface area (Å²) in [4.78, 5) is 15.2. The Labute approximate surface area is 193 Å². The van der Waals surface area contributed by atoms with Gasteiger partial charge in [-0.25, -0.2) is 4.39 Å². The van der Waals surface area contributed by atoms with E-state index in [-0.39, 0.29) is 24.4 Å². The lowest BCUT2D eigenvalue weighted by Gasteiger charge is -2.34. The molecule has 0 N–H and O–H groups in total. The number of benzene rings is 2. The predicted molar refractivity (Wildman–Crippen MR) is 124 cm³/mol. The van der Waals surface area contributed by atoms with Gasteiger partial charge >= 0.3 is 0 Å². The van der Waals surface area contributed by atoms with E-state index in [2.05, 4.69) is 4.57 Å². The van der Waals surface area contributed by atoms with E-state index in [0.29, 0.717) is 23.9 Å². The fourth-order valence-corrected chi connectivity index (χ4v) is 4.45. The van der Waals surface area contributed by atoms with E-state index >= 15 is 0 Å². The number of halogens is 2. The number of nitrogens with zero attached hydrogens (tertiary/aromatic N) is 2. The number of hydrogen-bond donors (Lipinski definition) is 0. The number of rotatable bonds is 8. The van der Waals surface area contributed by atoms with Crippen LogP contribution < -0.4 is 4.74 Å². The Hall–Kier alpha value is -2.79. The Balaban J connectivity index is 1.48. The molecule has 32 heavy (non-hydrogen) atoms. The maximum Gasteiger partial charge on any atom is 0.261 e. The van der Waals surface area contributed by atoms with Crippen LogP contribution in [0.2, 0.25) is 5.02 Å². The van der Waals surface area contributed by atoms with E-state index in [0.717, 1.165) is 36.9 Å². The zero-order chi connectivity index (χ0) is 22.3. The number of ether oxygens (including phenoxy) is 1. The minimum absolute atomic E-state index is 0.0112. The standard InChI is InChI=1S/C26H28ClFN2O2/c27-21-11-13-25(14-12-21)32-19-26(31)30(23-8-2-1-3-9-23)18-24-10-5-15-29(24)17-20-6-4-7-22(28)16-20/h4-7,10-16,23H,1-3,8-9,17-19H2. The van der Waals surface area contributed by atoms with Crippen molar-refractivity contribution in [1.29, 1.82) is 0 Å². The van der Waals surface area contributed by atoms with Gasteiger partial charge in [0.15, 0.2) is 6.61 Å². The number of amides is 1. The molecule has 2 aromatic carbocycles. The summed E-state index contributed by atoms with van der Waals surface area (Å²) in [6.07, 6.45) is 7.49. The van der Waals surface area contributed by atoms with Crippen LogP contribution in [0.3, 0.4) is 0 Å².